The van der Waals surface area contributed by atoms with Gasteiger partial charge < -0.3 is 19.5 Å². The fourth-order valence-electron chi connectivity index (χ4n) is 2.25. The van der Waals surface area contributed by atoms with E-state index in [-0.39, 0.29) is 18.4 Å². The van der Waals surface area contributed by atoms with Gasteiger partial charge >= 0.3 is 5.97 Å². The maximum atomic E-state index is 12.3. The molecule has 0 bridgehead atoms. The van der Waals surface area contributed by atoms with Gasteiger partial charge in [-0.2, -0.15) is 0 Å². The second kappa shape index (κ2) is 5.96. The van der Waals surface area contributed by atoms with Gasteiger partial charge in [-0.3, -0.25) is 4.79 Å². The van der Waals surface area contributed by atoms with Crippen molar-refractivity contribution < 1.29 is 24.2 Å². The summed E-state index contributed by atoms with van der Waals surface area (Å²) in [5.41, 5.74) is 1.14. The van der Waals surface area contributed by atoms with Crippen molar-refractivity contribution in [3.05, 3.63) is 53.3 Å². The Hall–Kier alpha value is -3.09. The molecule has 7 heteroatoms. The Labute approximate surface area is 132 Å². The van der Waals surface area contributed by atoms with Crippen LogP contribution in [0, 0.1) is 0 Å². The molecule has 2 heterocycles. The van der Waals surface area contributed by atoms with Gasteiger partial charge in [0.05, 0.1) is 5.56 Å². The molecule has 3 rings (SSSR count). The van der Waals surface area contributed by atoms with E-state index in [0.717, 1.165) is 5.56 Å². The number of carbonyl (C=O) groups excluding carboxylic acids is 1. The first kappa shape index (κ1) is 14.8. The smallest absolute Gasteiger partial charge is 0.354 e. The number of nitrogens with zero attached hydrogens (tertiary/aromatic N) is 2. The zero-order chi connectivity index (χ0) is 16.4. The Morgan fingerprint density at radius 1 is 1.22 bits per heavy atom. The largest absolute Gasteiger partial charge is 0.477 e. The van der Waals surface area contributed by atoms with Crippen LogP contribution in [-0.4, -0.2) is 40.7 Å². The summed E-state index contributed by atoms with van der Waals surface area (Å²) in [4.78, 5) is 28.4. The van der Waals surface area contributed by atoms with E-state index in [1.165, 1.54) is 23.2 Å². The Morgan fingerprint density at radius 2 is 2.00 bits per heavy atom. The highest BCUT2D eigenvalue weighted by Gasteiger charge is 2.17. The molecule has 1 aliphatic rings. The maximum absolute atomic E-state index is 12.3. The van der Waals surface area contributed by atoms with Crippen LogP contribution in [0.1, 0.15) is 26.4 Å². The molecular weight excluding hydrogens is 300 g/mol. The van der Waals surface area contributed by atoms with E-state index in [9.17, 15) is 9.59 Å². The molecule has 23 heavy (non-hydrogen) atoms. The minimum absolute atomic E-state index is 0.0972. The normalized spacial score (nSPS) is 12.0. The minimum atomic E-state index is -1.13. The maximum Gasteiger partial charge on any atom is 0.354 e. The molecule has 0 saturated carbocycles. The molecule has 7 nitrogen and oxygen atoms in total. The zero-order valence-corrected chi connectivity index (χ0v) is 12.4. The molecule has 1 aromatic carbocycles. The summed E-state index contributed by atoms with van der Waals surface area (Å²) in [5, 5.41) is 8.82. The number of carbonyl (C=O) groups is 2. The number of carboxylic acids is 1. The lowest BCUT2D eigenvalue weighted by molar-refractivity contribution is 0.0688. The van der Waals surface area contributed by atoms with E-state index in [1.807, 2.05) is 12.1 Å². The van der Waals surface area contributed by atoms with Gasteiger partial charge in [-0.25, -0.2) is 9.78 Å². The Kier molecular flexibility index (Phi) is 3.84. The van der Waals surface area contributed by atoms with Gasteiger partial charge in [-0.15, -0.1) is 0 Å². The van der Waals surface area contributed by atoms with Crippen molar-refractivity contribution in [3.63, 3.8) is 0 Å². The number of pyridine rings is 1. The predicted molar refractivity (Wildman–Crippen MR) is 79.6 cm³/mol. The number of benzene rings is 1. The van der Waals surface area contributed by atoms with Crippen LogP contribution in [0.3, 0.4) is 0 Å². The standard InChI is InChI=1S/C16H14N2O5/c1-18(8-10-2-5-13-14(6-10)23-9-22-13)15(19)11-3-4-12(16(20)21)17-7-11/h2-7H,8-9H2,1H3,(H,20,21). The lowest BCUT2D eigenvalue weighted by atomic mass is 10.1. The molecule has 0 unspecified atom stereocenters. The molecule has 0 fully saturated rings. The summed E-state index contributed by atoms with van der Waals surface area (Å²) in [6, 6.07) is 8.26. The lowest BCUT2D eigenvalue weighted by Gasteiger charge is -2.17. The van der Waals surface area contributed by atoms with Crippen molar-refractivity contribution in [2.75, 3.05) is 13.8 Å². The Morgan fingerprint density at radius 3 is 2.70 bits per heavy atom. The summed E-state index contributed by atoms with van der Waals surface area (Å²) >= 11 is 0. The van der Waals surface area contributed by atoms with Crippen LogP contribution in [0.15, 0.2) is 36.5 Å². The highest BCUT2D eigenvalue weighted by Crippen LogP contribution is 2.32. The number of hydrogen-bond acceptors (Lipinski definition) is 5. The van der Waals surface area contributed by atoms with Crippen LogP contribution in [0.2, 0.25) is 0 Å². The Bertz CT molecular complexity index is 758. The van der Waals surface area contributed by atoms with Crippen molar-refractivity contribution in [3.8, 4) is 11.5 Å². The number of rotatable bonds is 4. The SMILES string of the molecule is CN(Cc1ccc2c(c1)OCO2)C(=O)c1ccc(C(=O)O)nc1. The third kappa shape index (κ3) is 3.08. The van der Waals surface area contributed by atoms with E-state index in [0.29, 0.717) is 23.6 Å². The van der Waals surface area contributed by atoms with E-state index >= 15 is 0 Å². The quantitative estimate of drug-likeness (QED) is 0.925. The van der Waals surface area contributed by atoms with Crippen LogP contribution in [0.25, 0.3) is 0 Å². The highest BCUT2D eigenvalue weighted by molar-refractivity contribution is 5.94. The Balaban J connectivity index is 1.71. The molecule has 2 aromatic rings. The van der Waals surface area contributed by atoms with Crippen molar-refractivity contribution in [2.24, 2.45) is 0 Å². The summed E-state index contributed by atoms with van der Waals surface area (Å²) in [6.45, 7) is 0.589. The molecule has 1 amide bonds. The molecular formula is C16H14N2O5. The summed E-state index contributed by atoms with van der Waals surface area (Å²) in [6.07, 6.45) is 1.27. The van der Waals surface area contributed by atoms with E-state index in [1.54, 1.807) is 13.1 Å². The predicted octanol–water partition coefficient (Wildman–Crippen LogP) is 1.78. The molecule has 0 spiro atoms. The van der Waals surface area contributed by atoms with Crippen LogP contribution in [0.4, 0.5) is 0 Å². The van der Waals surface area contributed by atoms with E-state index in [2.05, 4.69) is 4.98 Å². The monoisotopic (exact) mass is 314 g/mol. The third-order valence-electron chi connectivity index (χ3n) is 3.43. The first-order chi connectivity index (χ1) is 11.0. The van der Waals surface area contributed by atoms with Gasteiger partial charge in [0.15, 0.2) is 11.5 Å². The van der Waals surface area contributed by atoms with E-state index in [4.69, 9.17) is 14.6 Å². The molecule has 1 N–H and O–H groups in total. The number of aromatic nitrogens is 1. The number of amides is 1. The average Bonchev–Trinajstić information content (AvgIpc) is 3.01. The molecule has 0 radical (unpaired) electrons. The fraction of sp³-hybridized carbons (Fsp3) is 0.188. The van der Waals surface area contributed by atoms with Gasteiger partial charge in [-0.1, -0.05) is 6.07 Å². The van der Waals surface area contributed by atoms with Crippen LogP contribution in [-0.2, 0) is 6.54 Å². The molecule has 118 valence electrons. The van der Waals surface area contributed by atoms with Crippen molar-refractivity contribution >= 4 is 11.9 Å². The summed E-state index contributed by atoms with van der Waals surface area (Å²) < 4.78 is 10.6. The topological polar surface area (TPSA) is 89.0 Å². The second-order valence-corrected chi connectivity index (χ2v) is 5.09. The van der Waals surface area contributed by atoms with Crippen molar-refractivity contribution in [1.82, 2.24) is 9.88 Å². The van der Waals surface area contributed by atoms with E-state index < -0.39 is 5.97 Å². The highest BCUT2D eigenvalue weighted by atomic mass is 16.7. The first-order valence-corrected chi connectivity index (χ1v) is 6.88. The third-order valence-corrected chi connectivity index (χ3v) is 3.43. The van der Waals surface area contributed by atoms with Crippen LogP contribution in [0.5, 0.6) is 11.5 Å². The minimum Gasteiger partial charge on any atom is -0.477 e. The van der Waals surface area contributed by atoms with Crippen molar-refractivity contribution in [2.45, 2.75) is 6.54 Å². The number of ether oxygens (including phenoxy) is 2. The zero-order valence-electron chi connectivity index (χ0n) is 12.4. The van der Waals surface area contributed by atoms with Crippen LogP contribution < -0.4 is 9.47 Å². The average molecular weight is 314 g/mol. The molecule has 1 aliphatic heterocycles. The van der Waals surface area contributed by atoms with Gasteiger partial charge in [0.25, 0.3) is 5.91 Å². The lowest BCUT2D eigenvalue weighted by Crippen LogP contribution is -2.26. The van der Waals surface area contributed by atoms with Gasteiger partial charge in [-0.05, 0) is 29.8 Å². The summed E-state index contributed by atoms with van der Waals surface area (Å²) in [5.74, 6) is -0.0168. The number of aromatic carboxylic acids is 1. The molecule has 1 aromatic heterocycles. The number of hydrogen-bond donors (Lipinski definition) is 1. The van der Waals surface area contributed by atoms with Crippen molar-refractivity contribution in [1.29, 1.82) is 0 Å². The summed E-state index contributed by atoms with van der Waals surface area (Å²) in [7, 11) is 1.66. The molecule has 0 saturated heterocycles. The number of fused-ring (bicyclic) bond motifs is 1. The first-order valence-electron chi connectivity index (χ1n) is 6.88. The fourth-order valence-corrected chi connectivity index (χ4v) is 2.25. The van der Waals surface area contributed by atoms with Gasteiger partial charge in [0, 0.05) is 19.8 Å². The second-order valence-electron chi connectivity index (χ2n) is 5.09. The molecule has 0 atom stereocenters. The number of carboxylic acid groups (broad SMARTS) is 1. The van der Waals surface area contributed by atoms with Gasteiger partial charge in [0.2, 0.25) is 6.79 Å². The van der Waals surface area contributed by atoms with Crippen LogP contribution >= 0.6 is 0 Å². The molecule has 0 aliphatic carbocycles. The van der Waals surface area contributed by atoms with Gasteiger partial charge in [0.1, 0.15) is 5.69 Å².